The van der Waals surface area contributed by atoms with Crippen LogP contribution in [0.25, 0.3) is 0 Å². The summed E-state index contributed by atoms with van der Waals surface area (Å²) in [4.78, 5) is 4.67. The number of hydrogen-bond acceptors (Lipinski definition) is 4. The van der Waals surface area contributed by atoms with Crippen LogP contribution >= 0.6 is 11.6 Å². The molecule has 4 nitrogen and oxygen atoms in total. The Bertz CT molecular complexity index is 898. The summed E-state index contributed by atoms with van der Waals surface area (Å²) >= 11 is 6.19. The normalized spacial score (nSPS) is 14.9. The highest BCUT2D eigenvalue weighted by molar-refractivity contribution is 6.30. The average molecular weight is 385 g/mol. The van der Waals surface area contributed by atoms with E-state index in [4.69, 9.17) is 16.3 Å². The number of hydrogen-bond donors (Lipinski definition) is 1. The van der Waals surface area contributed by atoms with Crippen molar-refractivity contribution >= 4 is 11.6 Å². The summed E-state index contributed by atoms with van der Waals surface area (Å²) in [5.41, 5.74) is 4.81. The van der Waals surface area contributed by atoms with Crippen molar-refractivity contribution in [3.63, 3.8) is 0 Å². The molecule has 1 aromatic carbocycles. The Kier molecular flexibility index (Phi) is 5.74. The van der Waals surface area contributed by atoms with Crippen molar-refractivity contribution in [1.82, 2.24) is 4.98 Å². The Morgan fingerprint density at radius 2 is 2.00 bits per heavy atom. The number of nitriles is 1. The zero-order valence-electron chi connectivity index (χ0n) is 16.2. The average Bonchev–Trinajstić information content (AvgIpc) is 3.45. The molecule has 1 fully saturated rings. The molecule has 142 valence electrons. The molecule has 0 spiro atoms. The number of methoxy groups -OCH3 is 1. The second kappa shape index (κ2) is 7.88. The molecule has 5 heteroatoms. The monoisotopic (exact) mass is 384 g/mol. The van der Waals surface area contributed by atoms with E-state index in [1.165, 1.54) is 12.8 Å². The molecule has 0 saturated heterocycles. The van der Waals surface area contributed by atoms with Gasteiger partial charge in [-0.15, -0.1) is 0 Å². The number of halogens is 1. The lowest BCUT2D eigenvalue weighted by Gasteiger charge is -2.25. The zero-order valence-corrected chi connectivity index (χ0v) is 17.0. The van der Waals surface area contributed by atoms with Crippen molar-refractivity contribution in [1.29, 1.82) is 5.26 Å². The van der Waals surface area contributed by atoms with Gasteiger partial charge in [0.05, 0.1) is 18.7 Å². The molecule has 1 aromatic heterocycles. The van der Waals surface area contributed by atoms with Crippen LogP contribution in [0.5, 0.6) is 5.88 Å². The number of ether oxygens (including phenoxy) is 1. The zero-order chi connectivity index (χ0) is 19.7. The van der Waals surface area contributed by atoms with Crippen LogP contribution in [-0.2, 0) is 6.42 Å². The predicted molar refractivity (Wildman–Crippen MR) is 106 cm³/mol. The number of nitrogens with zero attached hydrogens (tertiary/aromatic N) is 2. The molecule has 3 rings (SSSR count). The van der Waals surface area contributed by atoms with Gasteiger partial charge in [-0.2, -0.15) is 5.26 Å². The standard InChI is InChI=1S/C22H25ClN2O2/c1-12(2)19-20(21(26)16-7-15(11-24)8-17(23)10-16)18(9-14-5-6-14)13(3)25-22(19)27-4/h7-8,10,12,14,21,26H,5-6,9H2,1-4H3. The van der Waals surface area contributed by atoms with Crippen molar-refractivity contribution in [3.05, 3.63) is 56.7 Å². The first-order chi connectivity index (χ1) is 12.8. The lowest BCUT2D eigenvalue weighted by atomic mass is 9.85. The van der Waals surface area contributed by atoms with E-state index in [1.54, 1.807) is 25.3 Å². The fourth-order valence-corrected chi connectivity index (χ4v) is 3.89. The second-order valence-electron chi connectivity index (χ2n) is 7.60. The van der Waals surface area contributed by atoms with Gasteiger partial charge in [0, 0.05) is 16.3 Å². The van der Waals surface area contributed by atoms with E-state index in [2.05, 4.69) is 24.9 Å². The number of pyridine rings is 1. The van der Waals surface area contributed by atoms with Crippen LogP contribution < -0.4 is 4.74 Å². The van der Waals surface area contributed by atoms with Gasteiger partial charge >= 0.3 is 0 Å². The lowest BCUT2D eigenvalue weighted by molar-refractivity contribution is 0.216. The molecule has 0 bridgehead atoms. The van der Waals surface area contributed by atoms with E-state index in [9.17, 15) is 10.4 Å². The van der Waals surface area contributed by atoms with Crippen LogP contribution in [0.4, 0.5) is 0 Å². The highest BCUT2D eigenvalue weighted by Gasteiger charge is 2.30. The SMILES string of the molecule is COc1nc(C)c(CC2CC2)c(C(O)c2cc(Cl)cc(C#N)c2)c1C(C)C. The van der Waals surface area contributed by atoms with Crippen molar-refractivity contribution in [3.8, 4) is 11.9 Å². The summed E-state index contributed by atoms with van der Waals surface area (Å²) in [7, 11) is 1.61. The number of aromatic nitrogens is 1. The van der Waals surface area contributed by atoms with Crippen LogP contribution in [0.2, 0.25) is 5.02 Å². The fourth-order valence-electron chi connectivity index (χ4n) is 3.65. The minimum absolute atomic E-state index is 0.130. The smallest absolute Gasteiger partial charge is 0.217 e. The molecule has 0 radical (unpaired) electrons. The number of rotatable bonds is 6. The topological polar surface area (TPSA) is 66.1 Å². The maximum Gasteiger partial charge on any atom is 0.217 e. The molecule has 1 aliphatic rings. The summed E-state index contributed by atoms with van der Waals surface area (Å²) in [5.74, 6) is 1.34. The van der Waals surface area contributed by atoms with E-state index in [0.717, 1.165) is 28.8 Å². The van der Waals surface area contributed by atoms with E-state index >= 15 is 0 Å². The predicted octanol–water partition coefficient (Wildman–Crippen LogP) is 5.08. The first kappa shape index (κ1) is 19.7. The largest absolute Gasteiger partial charge is 0.481 e. The molecular formula is C22H25ClN2O2. The molecule has 0 aliphatic heterocycles. The van der Waals surface area contributed by atoms with Gasteiger partial charge in [0.25, 0.3) is 0 Å². The Morgan fingerprint density at radius 1 is 1.30 bits per heavy atom. The van der Waals surface area contributed by atoms with E-state index in [1.807, 2.05) is 6.92 Å². The number of aliphatic hydroxyl groups excluding tert-OH is 1. The van der Waals surface area contributed by atoms with Gasteiger partial charge in [0.15, 0.2) is 0 Å². The molecule has 27 heavy (non-hydrogen) atoms. The fraction of sp³-hybridized carbons (Fsp3) is 0.455. The first-order valence-corrected chi connectivity index (χ1v) is 9.69. The maximum atomic E-state index is 11.4. The van der Waals surface area contributed by atoms with Crippen molar-refractivity contribution in [2.24, 2.45) is 5.92 Å². The molecule has 2 aromatic rings. The highest BCUT2D eigenvalue weighted by atomic mass is 35.5. The third-order valence-corrected chi connectivity index (χ3v) is 5.37. The van der Waals surface area contributed by atoms with E-state index in [-0.39, 0.29) is 5.92 Å². The summed E-state index contributed by atoms with van der Waals surface area (Å²) < 4.78 is 5.56. The van der Waals surface area contributed by atoms with E-state index in [0.29, 0.717) is 27.9 Å². The Labute approximate surface area is 165 Å². The Balaban J connectivity index is 2.23. The van der Waals surface area contributed by atoms with Crippen molar-refractivity contribution in [2.75, 3.05) is 7.11 Å². The van der Waals surface area contributed by atoms with Gasteiger partial charge in [-0.25, -0.2) is 4.98 Å². The molecule has 1 aliphatic carbocycles. The third-order valence-electron chi connectivity index (χ3n) is 5.15. The Hall–Kier alpha value is -2.09. The number of benzene rings is 1. The minimum atomic E-state index is -0.891. The van der Waals surface area contributed by atoms with Crippen LogP contribution in [0.1, 0.15) is 72.2 Å². The third kappa shape index (κ3) is 4.10. The molecule has 1 saturated carbocycles. The van der Waals surface area contributed by atoms with Crippen molar-refractivity contribution in [2.45, 2.75) is 52.1 Å². The molecule has 1 N–H and O–H groups in total. The summed E-state index contributed by atoms with van der Waals surface area (Å²) in [5, 5.41) is 21.1. The minimum Gasteiger partial charge on any atom is -0.481 e. The van der Waals surface area contributed by atoms with Crippen LogP contribution in [0.3, 0.4) is 0 Å². The number of aliphatic hydroxyl groups is 1. The van der Waals surface area contributed by atoms with Gasteiger partial charge < -0.3 is 9.84 Å². The summed E-state index contributed by atoms with van der Waals surface area (Å²) in [6.45, 7) is 6.12. The van der Waals surface area contributed by atoms with Crippen LogP contribution in [0.15, 0.2) is 18.2 Å². The Morgan fingerprint density at radius 3 is 2.56 bits per heavy atom. The van der Waals surface area contributed by atoms with Crippen molar-refractivity contribution < 1.29 is 9.84 Å². The lowest BCUT2D eigenvalue weighted by Crippen LogP contribution is -2.15. The van der Waals surface area contributed by atoms with Gasteiger partial charge in [0.1, 0.15) is 6.10 Å². The molecule has 1 atom stereocenters. The van der Waals surface area contributed by atoms with Crippen LogP contribution in [-0.4, -0.2) is 17.2 Å². The molecule has 1 unspecified atom stereocenters. The highest BCUT2D eigenvalue weighted by Crippen LogP contribution is 2.42. The number of aryl methyl sites for hydroxylation is 1. The quantitative estimate of drug-likeness (QED) is 0.754. The van der Waals surface area contributed by atoms with Gasteiger partial charge in [-0.05, 0) is 72.9 Å². The van der Waals surface area contributed by atoms with Gasteiger partial charge in [-0.1, -0.05) is 25.4 Å². The summed E-state index contributed by atoms with van der Waals surface area (Å²) in [6.07, 6.45) is 2.44. The second-order valence-corrected chi connectivity index (χ2v) is 8.04. The van der Waals surface area contributed by atoms with Gasteiger partial charge in [0.2, 0.25) is 5.88 Å². The maximum absolute atomic E-state index is 11.4. The molecule has 1 heterocycles. The molecular weight excluding hydrogens is 360 g/mol. The van der Waals surface area contributed by atoms with Crippen LogP contribution in [0, 0.1) is 24.2 Å². The van der Waals surface area contributed by atoms with E-state index < -0.39 is 6.10 Å². The summed E-state index contributed by atoms with van der Waals surface area (Å²) in [6, 6.07) is 7.13. The first-order valence-electron chi connectivity index (χ1n) is 9.31. The van der Waals surface area contributed by atoms with Gasteiger partial charge in [-0.3, -0.25) is 0 Å². The molecule has 0 amide bonds.